The largest absolute Gasteiger partial charge is 0.497 e. The van der Waals surface area contributed by atoms with E-state index in [9.17, 15) is 14.5 Å². The van der Waals surface area contributed by atoms with Crippen molar-refractivity contribution in [2.75, 3.05) is 19.0 Å². The minimum atomic E-state index is -0.931. The van der Waals surface area contributed by atoms with Crippen molar-refractivity contribution in [3.05, 3.63) is 46.8 Å². The van der Waals surface area contributed by atoms with Gasteiger partial charge in [-0.3, -0.25) is 10.1 Å². The van der Waals surface area contributed by atoms with Crippen LogP contribution in [0.5, 0.6) is 5.75 Å². The zero-order chi connectivity index (χ0) is 14.5. The highest BCUT2D eigenvalue weighted by atomic mass is 19.1. The van der Waals surface area contributed by atoms with Crippen LogP contribution >= 0.6 is 0 Å². The van der Waals surface area contributed by atoms with Gasteiger partial charge >= 0.3 is 5.69 Å². The number of anilines is 1. The lowest BCUT2D eigenvalue weighted by molar-refractivity contribution is -0.386. The fourth-order valence-electron chi connectivity index (χ4n) is 1.75. The molecule has 0 unspecified atom stereocenters. The molecule has 8 heteroatoms. The number of nitro benzene ring substituents is 1. The smallest absolute Gasteiger partial charge is 0.327 e. The number of rotatable bonds is 6. The van der Waals surface area contributed by atoms with Crippen molar-refractivity contribution in [2.45, 2.75) is 6.54 Å². The number of benzene rings is 1. The Kier molecular flexibility index (Phi) is 4.14. The number of imidazole rings is 1. The summed E-state index contributed by atoms with van der Waals surface area (Å²) < 4.78 is 20.4. The van der Waals surface area contributed by atoms with Crippen LogP contribution in [0.1, 0.15) is 0 Å². The molecule has 1 aromatic heterocycles. The van der Waals surface area contributed by atoms with E-state index in [4.69, 9.17) is 4.74 Å². The van der Waals surface area contributed by atoms with Crippen LogP contribution in [-0.4, -0.2) is 28.1 Å². The lowest BCUT2D eigenvalue weighted by Crippen LogP contribution is -2.11. The van der Waals surface area contributed by atoms with Gasteiger partial charge in [-0.25, -0.2) is 4.98 Å². The maximum absolute atomic E-state index is 13.7. The van der Waals surface area contributed by atoms with Crippen LogP contribution < -0.4 is 10.1 Å². The minimum absolute atomic E-state index is 0.0898. The molecule has 0 radical (unpaired) electrons. The third kappa shape index (κ3) is 3.02. The van der Waals surface area contributed by atoms with E-state index in [-0.39, 0.29) is 11.4 Å². The molecule has 1 aromatic carbocycles. The van der Waals surface area contributed by atoms with Crippen molar-refractivity contribution in [2.24, 2.45) is 0 Å². The van der Waals surface area contributed by atoms with E-state index in [1.165, 1.54) is 13.2 Å². The number of aromatic nitrogens is 2. The second kappa shape index (κ2) is 6.00. The van der Waals surface area contributed by atoms with Gasteiger partial charge in [-0.05, 0) is 0 Å². The predicted octanol–water partition coefficient (Wildman–Crippen LogP) is 2.05. The number of methoxy groups -OCH3 is 1. The molecule has 2 aromatic rings. The molecule has 106 valence electrons. The molecule has 7 nitrogen and oxygen atoms in total. The van der Waals surface area contributed by atoms with Gasteiger partial charge in [-0.2, -0.15) is 4.39 Å². The molecule has 0 aliphatic rings. The average Bonchev–Trinajstić information content (AvgIpc) is 2.90. The Morgan fingerprint density at radius 2 is 2.35 bits per heavy atom. The quantitative estimate of drug-likeness (QED) is 0.647. The van der Waals surface area contributed by atoms with Crippen LogP contribution in [0.4, 0.5) is 15.8 Å². The Bertz CT molecular complexity index is 601. The standard InChI is InChI=1S/C12H13FN4O3/c1-20-9-6-10(13)12(17(18)19)11(7-9)15-3-5-16-4-2-14-8-16/h2,4,6-8,15H,3,5H2,1H3. The number of hydrogen-bond donors (Lipinski definition) is 1. The lowest BCUT2D eigenvalue weighted by atomic mass is 10.2. The highest BCUT2D eigenvalue weighted by molar-refractivity contribution is 5.65. The molecule has 2 rings (SSSR count). The van der Waals surface area contributed by atoms with Crippen LogP contribution in [0, 0.1) is 15.9 Å². The number of halogens is 1. The van der Waals surface area contributed by atoms with E-state index in [1.54, 1.807) is 23.3 Å². The minimum Gasteiger partial charge on any atom is -0.497 e. The lowest BCUT2D eigenvalue weighted by Gasteiger charge is -2.10. The van der Waals surface area contributed by atoms with E-state index in [2.05, 4.69) is 10.3 Å². The Balaban J connectivity index is 2.16. The molecule has 0 saturated heterocycles. The first-order valence-corrected chi connectivity index (χ1v) is 5.83. The fraction of sp³-hybridized carbons (Fsp3) is 0.250. The Labute approximate surface area is 114 Å². The molecule has 1 N–H and O–H groups in total. The number of hydrogen-bond acceptors (Lipinski definition) is 5. The van der Waals surface area contributed by atoms with Crippen LogP contribution in [-0.2, 0) is 6.54 Å². The number of ether oxygens (including phenoxy) is 1. The van der Waals surface area contributed by atoms with E-state index in [0.717, 1.165) is 6.07 Å². The summed E-state index contributed by atoms with van der Waals surface area (Å²) >= 11 is 0. The van der Waals surface area contributed by atoms with E-state index in [1.807, 2.05) is 0 Å². The van der Waals surface area contributed by atoms with Gasteiger partial charge in [-0.15, -0.1) is 0 Å². The predicted molar refractivity (Wildman–Crippen MR) is 70.3 cm³/mol. The second-order valence-corrected chi connectivity index (χ2v) is 3.99. The summed E-state index contributed by atoms with van der Waals surface area (Å²) in [5, 5.41) is 13.7. The summed E-state index contributed by atoms with van der Waals surface area (Å²) in [5.74, 6) is -0.710. The van der Waals surface area contributed by atoms with Gasteiger partial charge in [-0.1, -0.05) is 0 Å². The van der Waals surface area contributed by atoms with Crippen molar-refractivity contribution in [3.63, 3.8) is 0 Å². The number of nitrogens with one attached hydrogen (secondary N) is 1. The highest BCUT2D eigenvalue weighted by Crippen LogP contribution is 2.32. The normalized spacial score (nSPS) is 10.3. The molecular weight excluding hydrogens is 267 g/mol. The summed E-state index contributed by atoms with van der Waals surface area (Å²) in [6, 6.07) is 2.38. The van der Waals surface area contributed by atoms with E-state index >= 15 is 0 Å². The van der Waals surface area contributed by atoms with Crippen molar-refractivity contribution < 1.29 is 14.1 Å². The van der Waals surface area contributed by atoms with Crippen molar-refractivity contribution in [1.29, 1.82) is 0 Å². The Morgan fingerprint density at radius 1 is 1.55 bits per heavy atom. The van der Waals surface area contributed by atoms with Crippen LogP contribution in [0.3, 0.4) is 0 Å². The molecule has 0 fully saturated rings. The molecule has 0 bridgehead atoms. The highest BCUT2D eigenvalue weighted by Gasteiger charge is 2.21. The molecule has 0 aliphatic carbocycles. The summed E-state index contributed by atoms with van der Waals surface area (Å²) in [6.45, 7) is 0.944. The van der Waals surface area contributed by atoms with Gasteiger partial charge < -0.3 is 14.6 Å². The Hall–Kier alpha value is -2.64. The third-order valence-corrected chi connectivity index (χ3v) is 2.70. The first-order valence-electron chi connectivity index (χ1n) is 5.83. The second-order valence-electron chi connectivity index (χ2n) is 3.99. The average molecular weight is 280 g/mol. The van der Waals surface area contributed by atoms with Crippen molar-refractivity contribution in [3.8, 4) is 5.75 Å². The topological polar surface area (TPSA) is 82.2 Å². The van der Waals surface area contributed by atoms with Gasteiger partial charge in [0.2, 0.25) is 5.82 Å². The molecular formula is C12H13FN4O3. The SMILES string of the molecule is COc1cc(F)c([N+](=O)[O-])c(NCCn2ccnc2)c1. The monoisotopic (exact) mass is 280 g/mol. The summed E-state index contributed by atoms with van der Waals surface area (Å²) in [7, 11) is 1.37. The molecule has 0 aliphatic heterocycles. The first kappa shape index (κ1) is 13.8. The van der Waals surface area contributed by atoms with Gasteiger partial charge in [0.25, 0.3) is 0 Å². The van der Waals surface area contributed by atoms with E-state index < -0.39 is 16.4 Å². The molecule has 20 heavy (non-hydrogen) atoms. The van der Waals surface area contributed by atoms with Gasteiger partial charge in [0.15, 0.2) is 0 Å². The van der Waals surface area contributed by atoms with Crippen LogP contribution in [0.15, 0.2) is 30.9 Å². The van der Waals surface area contributed by atoms with Crippen molar-refractivity contribution >= 4 is 11.4 Å². The first-order chi connectivity index (χ1) is 9.61. The van der Waals surface area contributed by atoms with Gasteiger partial charge in [0, 0.05) is 37.6 Å². The number of nitro groups is 1. The molecule has 0 saturated carbocycles. The van der Waals surface area contributed by atoms with Crippen LogP contribution in [0.25, 0.3) is 0 Å². The maximum atomic E-state index is 13.7. The summed E-state index contributed by atoms with van der Waals surface area (Å²) in [5.41, 5.74) is -0.497. The van der Waals surface area contributed by atoms with Crippen LogP contribution in [0.2, 0.25) is 0 Å². The maximum Gasteiger partial charge on any atom is 0.327 e. The number of nitrogens with zero attached hydrogens (tertiary/aromatic N) is 3. The molecule has 0 atom stereocenters. The van der Waals surface area contributed by atoms with E-state index in [0.29, 0.717) is 13.1 Å². The summed E-state index contributed by atoms with van der Waals surface area (Å²) in [4.78, 5) is 14.0. The molecule has 0 spiro atoms. The van der Waals surface area contributed by atoms with Crippen molar-refractivity contribution in [1.82, 2.24) is 9.55 Å². The zero-order valence-electron chi connectivity index (χ0n) is 10.7. The fourth-order valence-corrected chi connectivity index (χ4v) is 1.75. The van der Waals surface area contributed by atoms with Gasteiger partial charge in [0.1, 0.15) is 11.4 Å². The summed E-state index contributed by atoms with van der Waals surface area (Å²) in [6.07, 6.45) is 5.03. The Morgan fingerprint density at radius 3 is 2.95 bits per heavy atom. The molecule has 1 heterocycles. The zero-order valence-corrected chi connectivity index (χ0v) is 10.7. The molecule has 0 amide bonds. The third-order valence-electron chi connectivity index (χ3n) is 2.70. The van der Waals surface area contributed by atoms with Gasteiger partial charge in [0.05, 0.1) is 18.4 Å².